The number of ether oxygens (including phenoxy) is 1. The average Bonchev–Trinajstić information content (AvgIpc) is 3.28. The van der Waals surface area contributed by atoms with Gasteiger partial charge in [-0.25, -0.2) is 35.0 Å². The Morgan fingerprint density at radius 2 is 1.25 bits per heavy atom. The third kappa shape index (κ3) is 15.3. The van der Waals surface area contributed by atoms with Gasteiger partial charge in [-0.15, -0.1) is 22.7 Å². The maximum atomic E-state index is 14.0. The molecule has 10 rings (SSSR count). The molecule has 1 amide bonds. The van der Waals surface area contributed by atoms with E-state index in [0.717, 1.165) is 57.0 Å². The number of hydrogen-bond donors (Lipinski definition) is 6. The van der Waals surface area contributed by atoms with Gasteiger partial charge >= 0.3 is 26.7 Å². The highest BCUT2D eigenvalue weighted by Crippen LogP contribution is 2.43. The van der Waals surface area contributed by atoms with Crippen LogP contribution in [0.15, 0.2) is 73.6 Å². The molecule has 2 aliphatic carbocycles. The number of hydrogen-bond acceptors (Lipinski definition) is 20. The molecule has 2 fully saturated rings. The second-order valence-electron chi connectivity index (χ2n) is 22.4. The van der Waals surface area contributed by atoms with Crippen molar-refractivity contribution in [2.45, 2.75) is 116 Å². The summed E-state index contributed by atoms with van der Waals surface area (Å²) in [6, 6.07) is 14.6. The number of nitrogens with one attached hydrogen (secondary N) is 3. The van der Waals surface area contributed by atoms with Gasteiger partial charge in [0.05, 0.1) is 52.3 Å². The molecule has 27 heteroatoms. The molecule has 2 aromatic carbocycles. The molecule has 2 aliphatic heterocycles. The fourth-order valence-electron chi connectivity index (χ4n) is 11.3. The number of thiophene rings is 2. The number of anilines is 2. The van der Waals surface area contributed by atoms with Crippen LogP contribution in [-0.4, -0.2) is 115 Å². The quantitative estimate of drug-likeness (QED) is 0.0495. The van der Waals surface area contributed by atoms with E-state index < -0.39 is 50.4 Å². The van der Waals surface area contributed by atoms with Crippen molar-refractivity contribution in [3.63, 3.8) is 0 Å². The summed E-state index contributed by atoms with van der Waals surface area (Å²) in [5, 5.41) is 31.7. The second-order valence-corrected chi connectivity index (χ2v) is 28.2. The van der Waals surface area contributed by atoms with Crippen molar-refractivity contribution in [2.24, 2.45) is 28.0 Å². The number of aryl methyl sites for hydroxylation is 2. The Labute approximate surface area is 500 Å². The number of carbonyl (C=O) groups is 3. The normalized spacial score (nSPS) is 22.5. The lowest BCUT2D eigenvalue weighted by molar-refractivity contribution is 0.0178. The lowest BCUT2D eigenvalue weighted by Crippen LogP contribution is -2.43. The molecule has 444 valence electrons. The minimum Gasteiger partial charge on any atom is -0.444 e. The average molecular weight is 1250 g/mol. The number of aromatic nitrogens is 4. The van der Waals surface area contributed by atoms with Crippen molar-refractivity contribution in [2.75, 3.05) is 36.9 Å². The van der Waals surface area contributed by atoms with Gasteiger partial charge in [0.1, 0.15) is 29.9 Å². The number of ketones is 2. The number of aliphatic hydroxyl groups is 1. The van der Waals surface area contributed by atoms with E-state index in [-0.39, 0.29) is 54.7 Å². The summed E-state index contributed by atoms with van der Waals surface area (Å²) >= 11 is 15.5. The standard InChI is InChI=1S/C31H38ClN5O6S2.C25H28ClN5O5S2/c1-17-10-22(11-20(17)15-42-45(33,40)41)36-29-25(14-34-16-35-29)28(38)26-13-23(18(2)44-26)27-24-12-21(32)7-6-19(24)8-9-37(27)30(39)43-31(3,4)5;1-13-18(23-19-7-16(26)3-2-14(19)4-5-29-23)9-22(37-13)24(33)20-10-28-12-30-25(20)31-17-6-15(21(32)8-17)11-36-38(27,34)35/h6-7,12-14,16-17,20,22,27H,8-11,15H2,1-5H3,(H2,33,40,41)(H,34,35,36);2-3,7,9-10,12,15,17,21,23,29,32H,4-6,8,11H2,1H3,(H2,27,34,35)(H,28,30,31)/t17-,20+,22-,27-;15-,17-,21+,23+/m01/s1. The van der Waals surface area contributed by atoms with Crippen molar-refractivity contribution in [3.05, 3.63) is 148 Å². The number of aliphatic hydroxyl groups excluding tert-OH is 1. The van der Waals surface area contributed by atoms with E-state index in [1.165, 1.54) is 53.3 Å². The maximum absolute atomic E-state index is 14.0. The van der Waals surface area contributed by atoms with Gasteiger partial charge in [-0.05, 0) is 155 Å². The van der Waals surface area contributed by atoms with Gasteiger partial charge in [-0.2, -0.15) is 16.8 Å². The Hall–Kier alpha value is -5.55. The van der Waals surface area contributed by atoms with E-state index in [4.69, 9.17) is 42.4 Å². The summed E-state index contributed by atoms with van der Waals surface area (Å²) < 4.78 is 60.1. The molecular weight excluding hydrogens is 1190 g/mol. The van der Waals surface area contributed by atoms with Gasteiger partial charge in [-0.3, -0.25) is 22.9 Å². The van der Waals surface area contributed by atoms with Crippen LogP contribution in [0.5, 0.6) is 0 Å². The minimum atomic E-state index is -4.10. The maximum Gasteiger partial charge on any atom is 0.411 e. The zero-order chi connectivity index (χ0) is 59.7. The molecule has 6 heterocycles. The number of fused-ring (bicyclic) bond motifs is 2. The first-order valence-electron chi connectivity index (χ1n) is 26.9. The van der Waals surface area contributed by atoms with Crippen LogP contribution in [0.1, 0.15) is 139 Å². The van der Waals surface area contributed by atoms with Crippen LogP contribution in [0.2, 0.25) is 10.0 Å². The number of halogens is 2. The van der Waals surface area contributed by atoms with Crippen LogP contribution < -0.4 is 26.2 Å². The molecule has 0 radical (unpaired) electrons. The number of amides is 1. The SMILES string of the molecule is Cc1sc(C(=O)c2cncnc2N[C@@H]2C[C@H](COS(N)(=O)=O)[C@@H](C)C2)cc1[C@H]1c2cc(Cl)ccc2CCN1C(=O)OC(C)(C)C.Cc1sc(C(=O)c2cncnc2N[C@@H]2C[C@H](COS(N)(=O)=O)[C@@H](O)C2)cc1[C@@H]1NCCc2ccc(Cl)cc21. The lowest BCUT2D eigenvalue weighted by Gasteiger charge is -2.38. The third-order valence-corrected chi connectivity index (χ3v) is 18.8. The molecule has 8 atom stereocenters. The number of nitrogens with two attached hydrogens (primary N) is 2. The van der Waals surface area contributed by atoms with E-state index >= 15 is 0 Å². The van der Waals surface area contributed by atoms with Crippen molar-refractivity contribution >= 4 is 95.8 Å². The van der Waals surface area contributed by atoms with Crippen LogP contribution in [0, 0.1) is 31.6 Å². The van der Waals surface area contributed by atoms with Crippen LogP contribution >= 0.6 is 45.9 Å². The highest BCUT2D eigenvalue weighted by atomic mass is 35.5. The molecule has 6 aromatic rings. The van der Waals surface area contributed by atoms with Crippen LogP contribution in [0.3, 0.4) is 0 Å². The van der Waals surface area contributed by atoms with Gasteiger partial charge in [0.25, 0.3) is 0 Å². The number of benzene rings is 2. The molecule has 2 saturated carbocycles. The fourth-order valence-corrected chi connectivity index (χ4v) is 14.4. The molecule has 4 aliphatic rings. The van der Waals surface area contributed by atoms with Crippen LogP contribution in [0.25, 0.3) is 0 Å². The fraction of sp³-hybridized carbons (Fsp3) is 0.446. The van der Waals surface area contributed by atoms with E-state index in [2.05, 4.69) is 46.1 Å². The smallest absolute Gasteiger partial charge is 0.411 e. The van der Waals surface area contributed by atoms with Gasteiger partial charge in [0.2, 0.25) is 11.6 Å². The van der Waals surface area contributed by atoms with E-state index in [1.54, 1.807) is 4.90 Å². The third-order valence-electron chi connectivity index (χ3n) is 15.3. The summed E-state index contributed by atoms with van der Waals surface area (Å²) in [4.78, 5) is 62.6. The Morgan fingerprint density at radius 3 is 1.83 bits per heavy atom. The van der Waals surface area contributed by atoms with Gasteiger partial charge < -0.3 is 25.8 Å². The van der Waals surface area contributed by atoms with Crippen molar-refractivity contribution in [1.82, 2.24) is 30.2 Å². The monoisotopic (exact) mass is 1250 g/mol. The van der Waals surface area contributed by atoms with Crippen molar-refractivity contribution < 1.29 is 49.4 Å². The molecule has 0 spiro atoms. The topological polar surface area (TPSA) is 310 Å². The molecule has 0 bridgehead atoms. The predicted molar refractivity (Wildman–Crippen MR) is 318 cm³/mol. The molecule has 0 saturated heterocycles. The predicted octanol–water partition coefficient (Wildman–Crippen LogP) is 8.40. The molecule has 0 unspecified atom stereocenters. The molecule has 21 nitrogen and oxygen atoms in total. The second kappa shape index (κ2) is 25.6. The van der Waals surface area contributed by atoms with E-state index in [1.807, 2.05) is 84.0 Å². The Balaban J connectivity index is 0.000000202. The first kappa shape index (κ1) is 62.0. The lowest BCUT2D eigenvalue weighted by atomic mass is 9.88. The molecule has 83 heavy (non-hydrogen) atoms. The zero-order valence-corrected chi connectivity index (χ0v) is 51.2. The van der Waals surface area contributed by atoms with Crippen molar-refractivity contribution in [3.8, 4) is 0 Å². The molecular formula is C56H66Cl2N10O11S4. The highest BCUT2D eigenvalue weighted by molar-refractivity contribution is 7.84. The van der Waals surface area contributed by atoms with E-state index in [9.17, 15) is 36.3 Å². The first-order chi connectivity index (χ1) is 39.2. The summed E-state index contributed by atoms with van der Waals surface area (Å²) in [6.07, 6.45) is 8.19. The number of nitrogens with zero attached hydrogens (tertiary/aromatic N) is 5. The van der Waals surface area contributed by atoms with Crippen molar-refractivity contribution in [1.29, 1.82) is 0 Å². The largest absolute Gasteiger partial charge is 0.444 e. The summed E-state index contributed by atoms with van der Waals surface area (Å²) in [5.74, 6) is 0.0323. The first-order valence-corrected chi connectivity index (χ1v) is 32.3. The summed E-state index contributed by atoms with van der Waals surface area (Å²) in [5.41, 5.74) is 6.17. The Kier molecular flexibility index (Phi) is 19.1. The summed E-state index contributed by atoms with van der Waals surface area (Å²) in [7, 11) is -8.12. The highest BCUT2D eigenvalue weighted by Gasteiger charge is 2.39. The van der Waals surface area contributed by atoms with Crippen LogP contribution in [-0.2, 0) is 46.6 Å². The van der Waals surface area contributed by atoms with Gasteiger partial charge in [0.15, 0.2) is 0 Å². The minimum absolute atomic E-state index is 0.000805. The van der Waals surface area contributed by atoms with E-state index in [0.29, 0.717) is 74.8 Å². The number of carbonyl (C=O) groups excluding carboxylic acids is 3. The Bertz CT molecular complexity index is 3640. The van der Waals surface area contributed by atoms with Gasteiger partial charge in [-0.1, -0.05) is 42.3 Å². The summed E-state index contributed by atoms with van der Waals surface area (Å²) in [6.45, 7) is 12.5. The van der Waals surface area contributed by atoms with Gasteiger partial charge in [0, 0.05) is 63.3 Å². The molecule has 8 N–H and O–H groups in total. The number of rotatable bonds is 16. The Morgan fingerprint density at radius 1 is 0.735 bits per heavy atom. The van der Waals surface area contributed by atoms with Crippen LogP contribution in [0.4, 0.5) is 16.4 Å². The molecule has 4 aromatic heterocycles. The zero-order valence-electron chi connectivity index (χ0n) is 46.4.